The maximum atomic E-state index is 12.7. The minimum atomic E-state index is -0.255. The number of amides is 1. The molecule has 1 atom stereocenters. The van der Waals surface area contributed by atoms with E-state index in [4.69, 9.17) is 9.47 Å². The van der Waals surface area contributed by atoms with Gasteiger partial charge in [0.2, 0.25) is 0 Å². The van der Waals surface area contributed by atoms with Gasteiger partial charge in [0.1, 0.15) is 17.0 Å². The first kappa shape index (κ1) is 17.7. The van der Waals surface area contributed by atoms with E-state index in [1.807, 2.05) is 38.1 Å². The largest absolute Gasteiger partial charge is 0.497 e. The number of fused-ring (bicyclic) bond motifs is 1. The SMILES string of the molecule is CCn1nnc2cc(C(=O)N[C@H](C)c3cc(OC)ccc3OC)ccc21. The summed E-state index contributed by atoms with van der Waals surface area (Å²) in [4.78, 5) is 12.7. The second kappa shape index (κ2) is 7.43. The quantitative estimate of drug-likeness (QED) is 0.736. The van der Waals surface area contributed by atoms with Crippen molar-refractivity contribution in [1.82, 2.24) is 20.3 Å². The Hall–Kier alpha value is -3.09. The molecular formula is C19H22N4O3. The summed E-state index contributed by atoms with van der Waals surface area (Å²) in [6, 6.07) is 10.6. The number of hydrogen-bond acceptors (Lipinski definition) is 5. The van der Waals surface area contributed by atoms with E-state index in [-0.39, 0.29) is 11.9 Å². The summed E-state index contributed by atoms with van der Waals surface area (Å²) >= 11 is 0. The highest BCUT2D eigenvalue weighted by Gasteiger charge is 2.17. The Morgan fingerprint density at radius 2 is 2.00 bits per heavy atom. The lowest BCUT2D eigenvalue weighted by molar-refractivity contribution is 0.0939. The Morgan fingerprint density at radius 3 is 2.69 bits per heavy atom. The summed E-state index contributed by atoms with van der Waals surface area (Å²) in [5.41, 5.74) is 2.99. The van der Waals surface area contributed by atoms with Crippen LogP contribution in [0.3, 0.4) is 0 Å². The average molecular weight is 354 g/mol. The molecule has 0 bridgehead atoms. The van der Waals surface area contributed by atoms with Crippen LogP contribution in [0.4, 0.5) is 0 Å². The maximum Gasteiger partial charge on any atom is 0.251 e. The van der Waals surface area contributed by atoms with Crippen LogP contribution in [0.2, 0.25) is 0 Å². The molecule has 0 aliphatic heterocycles. The first-order chi connectivity index (χ1) is 12.6. The topological polar surface area (TPSA) is 78.3 Å². The van der Waals surface area contributed by atoms with Crippen molar-refractivity contribution in [2.45, 2.75) is 26.4 Å². The van der Waals surface area contributed by atoms with Crippen LogP contribution in [-0.4, -0.2) is 35.1 Å². The lowest BCUT2D eigenvalue weighted by Crippen LogP contribution is -2.27. The molecule has 1 aromatic heterocycles. The van der Waals surface area contributed by atoms with Gasteiger partial charge < -0.3 is 14.8 Å². The summed E-state index contributed by atoms with van der Waals surface area (Å²) in [5, 5.41) is 11.2. The molecule has 1 heterocycles. The summed E-state index contributed by atoms with van der Waals surface area (Å²) in [5.74, 6) is 1.22. The van der Waals surface area contributed by atoms with Crippen molar-refractivity contribution in [3.63, 3.8) is 0 Å². The van der Waals surface area contributed by atoms with Gasteiger partial charge in [0.05, 0.1) is 25.8 Å². The molecule has 1 N–H and O–H groups in total. The van der Waals surface area contributed by atoms with Crippen molar-refractivity contribution in [2.24, 2.45) is 0 Å². The molecular weight excluding hydrogens is 332 g/mol. The minimum absolute atomic E-state index is 0.185. The van der Waals surface area contributed by atoms with Crippen molar-refractivity contribution >= 4 is 16.9 Å². The van der Waals surface area contributed by atoms with Crippen LogP contribution < -0.4 is 14.8 Å². The fourth-order valence-electron chi connectivity index (χ4n) is 2.88. The lowest BCUT2D eigenvalue weighted by atomic mass is 10.1. The molecule has 0 aliphatic carbocycles. The van der Waals surface area contributed by atoms with Crippen LogP contribution in [0.1, 0.15) is 35.8 Å². The van der Waals surface area contributed by atoms with Crippen molar-refractivity contribution in [1.29, 1.82) is 0 Å². The van der Waals surface area contributed by atoms with Crippen LogP contribution in [0.5, 0.6) is 11.5 Å². The van der Waals surface area contributed by atoms with E-state index in [9.17, 15) is 4.79 Å². The van der Waals surface area contributed by atoms with Gasteiger partial charge in [-0.2, -0.15) is 0 Å². The smallest absolute Gasteiger partial charge is 0.251 e. The molecule has 0 saturated carbocycles. The number of aromatic nitrogens is 3. The van der Waals surface area contributed by atoms with Gasteiger partial charge in [-0.05, 0) is 50.2 Å². The highest BCUT2D eigenvalue weighted by molar-refractivity contribution is 5.97. The monoisotopic (exact) mass is 354 g/mol. The summed E-state index contributed by atoms with van der Waals surface area (Å²) < 4.78 is 12.5. The van der Waals surface area contributed by atoms with E-state index in [2.05, 4.69) is 15.6 Å². The van der Waals surface area contributed by atoms with Crippen LogP contribution in [0.15, 0.2) is 36.4 Å². The van der Waals surface area contributed by atoms with Crippen molar-refractivity contribution in [3.8, 4) is 11.5 Å². The van der Waals surface area contributed by atoms with E-state index in [1.54, 1.807) is 31.0 Å². The second-order valence-electron chi connectivity index (χ2n) is 5.91. The number of rotatable bonds is 6. The number of carbonyl (C=O) groups excluding carboxylic acids is 1. The van der Waals surface area contributed by atoms with E-state index in [0.29, 0.717) is 22.6 Å². The van der Waals surface area contributed by atoms with Gasteiger partial charge in [-0.25, -0.2) is 4.68 Å². The molecule has 0 saturated heterocycles. The maximum absolute atomic E-state index is 12.7. The Balaban J connectivity index is 1.83. The third-order valence-electron chi connectivity index (χ3n) is 4.33. The Labute approximate surface area is 151 Å². The zero-order valence-corrected chi connectivity index (χ0v) is 15.3. The Morgan fingerprint density at radius 1 is 1.19 bits per heavy atom. The zero-order chi connectivity index (χ0) is 18.7. The van der Waals surface area contributed by atoms with Crippen LogP contribution in [0.25, 0.3) is 11.0 Å². The molecule has 26 heavy (non-hydrogen) atoms. The molecule has 136 valence electrons. The number of aryl methyl sites for hydroxylation is 1. The summed E-state index contributed by atoms with van der Waals surface area (Å²) in [7, 11) is 3.21. The number of nitrogens with zero attached hydrogens (tertiary/aromatic N) is 3. The highest BCUT2D eigenvalue weighted by atomic mass is 16.5. The standard InChI is InChI=1S/C19H22N4O3/c1-5-23-17-8-6-13(10-16(17)21-22-23)19(24)20-12(2)15-11-14(25-3)7-9-18(15)26-4/h6-12H,5H2,1-4H3,(H,20,24)/t12-/m1/s1. The van der Waals surface area contributed by atoms with Crippen molar-refractivity contribution < 1.29 is 14.3 Å². The zero-order valence-electron chi connectivity index (χ0n) is 15.3. The van der Waals surface area contributed by atoms with Crippen molar-refractivity contribution in [3.05, 3.63) is 47.5 Å². The highest BCUT2D eigenvalue weighted by Crippen LogP contribution is 2.29. The van der Waals surface area contributed by atoms with E-state index in [0.717, 1.165) is 17.6 Å². The molecule has 3 rings (SSSR count). The number of benzene rings is 2. The van der Waals surface area contributed by atoms with Gasteiger partial charge in [-0.1, -0.05) is 5.21 Å². The van der Waals surface area contributed by atoms with Gasteiger partial charge in [0.25, 0.3) is 5.91 Å². The van der Waals surface area contributed by atoms with Gasteiger partial charge in [0, 0.05) is 17.7 Å². The predicted molar refractivity (Wildman–Crippen MR) is 98.6 cm³/mol. The van der Waals surface area contributed by atoms with E-state index >= 15 is 0 Å². The Kier molecular flexibility index (Phi) is 5.06. The average Bonchev–Trinajstić information content (AvgIpc) is 3.09. The van der Waals surface area contributed by atoms with Crippen LogP contribution in [-0.2, 0) is 6.54 Å². The molecule has 2 aromatic carbocycles. The van der Waals surface area contributed by atoms with E-state index < -0.39 is 0 Å². The molecule has 0 radical (unpaired) electrons. The minimum Gasteiger partial charge on any atom is -0.497 e. The predicted octanol–water partition coefficient (Wildman–Crippen LogP) is 2.96. The first-order valence-electron chi connectivity index (χ1n) is 8.43. The fraction of sp³-hybridized carbons (Fsp3) is 0.316. The molecule has 7 heteroatoms. The number of hydrogen-bond donors (Lipinski definition) is 1. The molecule has 0 spiro atoms. The van der Waals surface area contributed by atoms with Gasteiger partial charge in [-0.3, -0.25) is 4.79 Å². The third kappa shape index (κ3) is 3.33. The summed E-state index contributed by atoms with van der Waals surface area (Å²) in [6.07, 6.45) is 0. The number of methoxy groups -OCH3 is 2. The number of ether oxygens (including phenoxy) is 2. The van der Waals surface area contributed by atoms with Crippen LogP contribution >= 0.6 is 0 Å². The molecule has 3 aromatic rings. The fourth-order valence-corrected chi connectivity index (χ4v) is 2.88. The van der Waals surface area contributed by atoms with Crippen molar-refractivity contribution in [2.75, 3.05) is 14.2 Å². The molecule has 0 aliphatic rings. The summed E-state index contributed by atoms with van der Waals surface area (Å²) in [6.45, 7) is 4.63. The lowest BCUT2D eigenvalue weighted by Gasteiger charge is -2.18. The second-order valence-corrected chi connectivity index (χ2v) is 5.91. The van der Waals surface area contributed by atoms with Gasteiger partial charge >= 0.3 is 0 Å². The van der Waals surface area contributed by atoms with Gasteiger partial charge in [-0.15, -0.1) is 5.10 Å². The third-order valence-corrected chi connectivity index (χ3v) is 4.33. The van der Waals surface area contributed by atoms with Crippen LogP contribution in [0, 0.1) is 0 Å². The number of nitrogens with one attached hydrogen (secondary N) is 1. The molecule has 7 nitrogen and oxygen atoms in total. The molecule has 0 unspecified atom stereocenters. The first-order valence-corrected chi connectivity index (χ1v) is 8.43. The molecule has 1 amide bonds. The normalized spacial score (nSPS) is 12.0. The van der Waals surface area contributed by atoms with E-state index in [1.165, 1.54) is 0 Å². The molecule has 0 fully saturated rings. The Bertz CT molecular complexity index is 936. The van der Waals surface area contributed by atoms with Gasteiger partial charge in [0.15, 0.2) is 0 Å². The number of carbonyl (C=O) groups is 1.